The average Bonchev–Trinajstić information content (AvgIpc) is 3.33. The molecule has 3 aromatic rings. The predicted octanol–water partition coefficient (Wildman–Crippen LogP) is 3.99. The first-order valence-corrected chi connectivity index (χ1v) is 10.1. The van der Waals surface area contributed by atoms with Crippen LogP contribution in [0.5, 0.6) is 5.75 Å². The highest BCUT2D eigenvalue weighted by Crippen LogP contribution is 2.36. The number of carbonyl (C=O) groups is 1. The number of hydrogen-bond donors (Lipinski definition) is 1. The Morgan fingerprint density at radius 1 is 1.38 bits per heavy atom. The Morgan fingerprint density at radius 2 is 2.21 bits per heavy atom. The van der Waals surface area contributed by atoms with E-state index in [1.54, 1.807) is 11.3 Å². The van der Waals surface area contributed by atoms with Gasteiger partial charge in [-0.15, -0.1) is 11.3 Å². The maximum absolute atomic E-state index is 12.7. The Morgan fingerprint density at radius 3 is 2.97 bits per heavy atom. The van der Waals surface area contributed by atoms with Gasteiger partial charge in [0.2, 0.25) is 5.91 Å². The van der Waals surface area contributed by atoms with Crippen molar-refractivity contribution in [1.82, 2.24) is 9.88 Å². The number of thiazole rings is 1. The number of nitrogens with one attached hydrogen (secondary N) is 1. The number of likely N-dealkylation sites (tertiary alicyclic amines) is 1. The molecule has 4 rings (SSSR count). The van der Waals surface area contributed by atoms with Crippen LogP contribution in [0.3, 0.4) is 0 Å². The first-order chi connectivity index (χ1) is 14.0. The van der Waals surface area contributed by atoms with Gasteiger partial charge >= 0.3 is 0 Å². The van der Waals surface area contributed by atoms with Gasteiger partial charge in [0.05, 0.1) is 40.5 Å². The van der Waals surface area contributed by atoms with Gasteiger partial charge in [-0.1, -0.05) is 12.1 Å². The van der Waals surface area contributed by atoms with E-state index in [-0.39, 0.29) is 24.2 Å². The van der Waals surface area contributed by atoms with Crippen molar-refractivity contribution in [1.29, 1.82) is 0 Å². The number of ether oxygens (including phenoxy) is 1. The summed E-state index contributed by atoms with van der Waals surface area (Å²) in [5.74, 6) is 0.143. The number of carbonyl (C=O) groups excluding carboxylic acids is 1. The van der Waals surface area contributed by atoms with Gasteiger partial charge in [0.25, 0.3) is 5.69 Å². The molecule has 2 aromatic carbocycles. The molecule has 9 heteroatoms. The second kappa shape index (κ2) is 8.14. The summed E-state index contributed by atoms with van der Waals surface area (Å²) < 4.78 is 6.35. The minimum Gasteiger partial charge on any atom is -0.495 e. The Labute approximate surface area is 171 Å². The predicted molar refractivity (Wildman–Crippen MR) is 111 cm³/mol. The van der Waals surface area contributed by atoms with E-state index in [9.17, 15) is 14.9 Å². The third-order valence-electron chi connectivity index (χ3n) is 4.97. The van der Waals surface area contributed by atoms with Crippen molar-refractivity contribution in [2.24, 2.45) is 0 Å². The number of rotatable bonds is 6. The zero-order valence-corrected chi connectivity index (χ0v) is 16.6. The van der Waals surface area contributed by atoms with Crippen LogP contribution in [0, 0.1) is 10.1 Å². The Balaban J connectivity index is 1.49. The molecule has 0 spiro atoms. The summed E-state index contributed by atoms with van der Waals surface area (Å²) in [4.78, 5) is 30.1. The van der Waals surface area contributed by atoms with E-state index in [1.807, 2.05) is 18.2 Å². The summed E-state index contributed by atoms with van der Waals surface area (Å²) in [5, 5.41) is 14.8. The van der Waals surface area contributed by atoms with E-state index in [0.717, 1.165) is 34.6 Å². The molecule has 1 amide bonds. The van der Waals surface area contributed by atoms with E-state index in [2.05, 4.69) is 16.3 Å². The zero-order valence-electron chi connectivity index (χ0n) is 15.8. The number of nitro benzene ring substituents is 1. The van der Waals surface area contributed by atoms with E-state index in [1.165, 1.54) is 25.3 Å². The maximum atomic E-state index is 12.7. The molecule has 1 saturated heterocycles. The number of nitrogens with zero attached hydrogens (tertiary/aromatic N) is 3. The molecule has 0 aliphatic carbocycles. The van der Waals surface area contributed by atoms with Crippen LogP contribution in [0.4, 0.5) is 11.4 Å². The van der Waals surface area contributed by atoms with Crippen LogP contribution in [0.25, 0.3) is 10.2 Å². The van der Waals surface area contributed by atoms with E-state index in [4.69, 9.17) is 9.72 Å². The SMILES string of the molecule is COc1ccc([N+](=O)[O-])cc1NC(=O)CN1CCC[C@@H]1c1nc2ccccc2s1. The lowest BCUT2D eigenvalue weighted by atomic mass is 10.2. The minimum atomic E-state index is -0.501. The fourth-order valence-corrected chi connectivity index (χ4v) is 4.75. The zero-order chi connectivity index (χ0) is 20.4. The standard InChI is InChI=1S/C20H20N4O4S/c1-28-17-9-8-13(24(26)27)11-15(17)21-19(25)12-23-10-4-6-16(23)20-22-14-5-2-3-7-18(14)29-20/h2-3,5,7-9,11,16H,4,6,10,12H2,1H3,(H,21,25)/t16-/m1/s1. The quantitative estimate of drug-likeness (QED) is 0.486. The van der Waals surface area contributed by atoms with Gasteiger partial charge in [0.15, 0.2) is 0 Å². The summed E-state index contributed by atoms with van der Waals surface area (Å²) in [5.41, 5.74) is 1.17. The fourth-order valence-electron chi connectivity index (χ4n) is 3.61. The Kier molecular flexibility index (Phi) is 5.41. The average molecular weight is 412 g/mol. The lowest BCUT2D eigenvalue weighted by Gasteiger charge is -2.22. The highest BCUT2D eigenvalue weighted by molar-refractivity contribution is 7.18. The first kappa shape index (κ1) is 19.3. The topological polar surface area (TPSA) is 97.6 Å². The van der Waals surface area contributed by atoms with E-state index in [0.29, 0.717) is 11.4 Å². The Hall–Kier alpha value is -3.04. The van der Waals surface area contributed by atoms with Crippen LogP contribution in [-0.2, 0) is 4.79 Å². The Bertz CT molecular complexity index is 1030. The smallest absolute Gasteiger partial charge is 0.271 e. The third-order valence-corrected chi connectivity index (χ3v) is 6.11. The molecule has 0 unspecified atom stereocenters. The lowest BCUT2D eigenvalue weighted by molar-refractivity contribution is -0.384. The van der Waals surface area contributed by atoms with Crippen LogP contribution in [0.2, 0.25) is 0 Å². The van der Waals surface area contributed by atoms with Crippen molar-refractivity contribution in [2.75, 3.05) is 25.5 Å². The largest absolute Gasteiger partial charge is 0.495 e. The molecule has 1 aromatic heterocycles. The van der Waals surface area contributed by atoms with Crippen LogP contribution >= 0.6 is 11.3 Å². The minimum absolute atomic E-state index is 0.102. The molecule has 150 valence electrons. The number of amides is 1. The number of nitro groups is 1. The number of benzene rings is 2. The third kappa shape index (κ3) is 4.06. The molecule has 29 heavy (non-hydrogen) atoms. The first-order valence-electron chi connectivity index (χ1n) is 9.27. The summed E-state index contributed by atoms with van der Waals surface area (Å²) in [6, 6.07) is 12.3. The monoisotopic (exact) mass is 412 g/mol. The second-order valence-electron chi connectivity index (χ2n) is 6.84. The number of aromatic nitrogens is 1. The number of methoxy groups -OCH3 is 1. The molecular formula is C20H20N4O4S. The van der Waals surface area contributed by atoms with Gasteiger partial charge in [-0.25, -0.2) is 4.98 Å². The fraction of sp³-hybridized carbons (Fsp3) is 0.300. The van der Waals surface area contributed by atoms with Crippen molar-refractivity contribution >= 4 is 38.8 Å². The molecule has 1 fully saturated rings. The number of fused-ring (bicyclic) bond motifs is 1. The number of anilines is 1. The molecular weight excluding hydrogens is 392 g/mol. The van der Waals surface area contributed by atoms with E-state index < -0.39 is 4.92 Å². The van der Waals surface area contributed by atoms with Crippen LogP contribution in [0.1, 0.15) is 23.9 Å². The second-order valence-corrected chi connectivity index (χ2v) is 7.90. The van der Waals surface area contributed by atoms with E-state index >= 15 is 0 Å². The van der Waals surface area contributed by atoms with Gasteiger partial charge in [0.1, 0.15) is 10.8 Å². The normalized spacial score (nSPS) is 16.8. The van der Waals surface area contributed by atoms with Gasteiger partial charge < -0.3 is 10.1 Å². The molecule has 0 radical (unpaired) electrons. The van der Waals surface area contributed by atoms with Gasteiger partial charge in [-0.3, -0.25) is 19.8 Å². The molecule has 1 aliphatic rings. The molecule has 1 N–H and O–H groups in total. The van der Waals surface area contributed by atoms with Crippen LogP contribution in [0.15, 0.2) is 42.5 Å². The number of non-ortho nitro benzene ring substituents is 1. The van der Waals surface area contributed by atoms with Gasteiger partial charge in [0, 0.05) is 12.1 Å². The highest BCUT2D eigenvalue weighted by atomic mass is 32.1. The maximum Gasteiger partial charge on any atom is 0.271 e. The summed E-state index contributed by atoms with van der Waals surface area (Å²) in [6.07, 6.45) is 1.95. The number of hydrogen-bond acceptors (Lipinski definition) is 7. The molecule has 1 aliphatic heterocycles. The number of para-hydroxylation sites is 1. The highest BCUT2D eigenvalue weighted by Gasteiger charge is 2.30. The van der Waals surface area contributed by atoms with Crippen LogP contribution < -0.4 is 10.1 Å². The van der Waals surface area contributed by atoms with Crippen LogP contribution in [-0.4, -0.2) is 40.9 Å². The van der Waals surface area contributed by atoms with Crippen molar-refractivity contribution in [3.63, 3.8) is 0 Å². The van der Waals surface area contributed by atoms with Gasteiger partial charge in [-0.2, -0.15) is 0 Å². The summed E-state index contributed by atoms with van der Waals surface area (Å²) in [6.45, 7) is 0.993. The molecule has 1 atom stereocenters. The van der Waals surface area contributed by atoms with Crippen molar-refractivity contribution in [2.45, 2.75) is 18.9 Å². The molecule has 0 saturated carbocycles. The lowest BCUT2D eigenvalue weighted by Crippen LogP contribution is -2.33. The van der Waals surface area contributed by atoms with Crippen molar-refractivity contribution < 1.29 is 14.5 Å². The summed E-state index contributed by atoms with van der Waals surface area (Å²) >= 11 is 1.66. The molecule has 2 heterocycles. The molecule has 0 bridgehead atoms. The van der Waals surface area contributed by atoms with Gasteiger partial charge in [-0.05, 0) is 37.6 Å². The summed E-state index contributed by atoms with van der Waals surface area (Å²) in [7, 11) is 1.46. The van der Waals surface area contributed by atoms with Crippen molar-refractivity contribution in [3.8, 4) is 5.75 Å². The van der Waals surface area contributed by atoms with Crippen molar-refractivity contribution in [3.05, 3.63) is 57.6 Å². The molecule has 8 nitrogen and oxygen atoms in total.